The summed E-state index contributed by atoms with van der Waals surface area (Å²) in [5.74, 6) is -0.730. The Kier molecular flexibility index (Phi) is 5.26. The van der Waals surface area contributed by atoms with Crippen molar-refractivity contribution in [3.8, 4) is 16.9 Å². The van der Waals surface area contributed by atoms with Gasteiger partial charge in [0, 0.05) is 23.9 Å². The third-order valence-corrected chi connectivity index (χ3v) is 5.41. The van der Waals surface area contributed by atoms with Crippen LogP contribution < -0.4 is 0 Å². The quantitative estimate of drug-likeness (QED) is 0.723. The molecule has 5 nitrogen and oxygen atoms in total. The zero-order valence-electron chi connectivity index (χ0n) is 16.1. The molecule has 0 spiro atoms. The van der Waals surface area contributed by atoms with E-state index in [1.54, 1.807) is 0 Å². The van der Waals surface area contributed by atoms with Crippen molar-refractivity contribution in [2.45, 2.75) is 38.8 Å². The highest BCUT2D eigenvalue weighted by molar-refractivity contribution is 5.73. The van der Waals surface area contributed by atoms with E-state index in [4.69, 9.17) is 5.10 Å². The van der Waals surface area contributed by atoms with Crippen LogP contribution in [0.2, 0.25) is 0 Å². The lowest BCUT2D eigenvalue weighted by Gasteiger charge is -2.32. The number of hydrogen-bond acceptors (Lipinski definition) is 3. The van der Waals surface area contributed by atoms with E-state index >= 15 is 0 Å². The largest absolute Gasteiger partial charge is 0.480 e. The number of nitrogens with zero attached hydrogens (tertiary/aromatic N) is 3. The molecule has 2 aromatic carbocycles. The molecule has 0 radical (unpaired) electrons. The monoisotopic (exact) mass is 375 g/mol. The van der Waals surface area contributed by atoms with E-state index in [-0.39, 0.29) is 0 Å². The highest BCUT2D eigenvalue weighted by atomic mass is 16.4. The number of hydrogen-bond donors (Lipinski definition) is 1. The summed E-state index contributed by atoms with van der Waals surface area (Å²) >= 11 is 0. The van der Waals surface area contributed by atoms with Gasteiger partial charge in [-0.05, 0) is 38.4 Å². The van der Waals surface area contributed by atoms with Crippen LogP contribution in [-0.4, -0.2) is 38.3 Å². The third-order valence-electron chi connectivity index (χ3n) is 5.41. The van der Waals surface area contributed by atoms with Gasteiger partial charge in [0.1, 0.15) is 6.04 Å². The number of rotatable bonds is 5. The molecule has 0 bridgehead atoms. The average molecular weight is 375 g/mol. The zero-order valence-corrected chi connectivity index (χ0v) is 16.1. The van der Waals surface area contributed by atoms with Gasteiger partial charge in [-0.1, -0.05) is 54.4 Å². The first kappa shape index (κ1) is 18.4. The second-order valence-corrected chi connectivity index (χ2v) is 7.47. The number of carboxylic acid groups (broad SMARTS) is 1. The predicted octanol–water partition coefficient (Wildman–Crippen LogP) is 4.29. The highest BCUT2D eigenvalue weighted by Crippen LogP contribution is 2.28. The average Bonchev–Trinajstić information content (AvgIpc) is 3.13. The van der Waals surface area contributed by atoms with Gasteiger partial charge in [-0.15, -0.1) is 0 Å². The minimum atomic E-state index is -0.730. The topological polar surface area (TPSA) is 58.4 Å². The van der Waals surface area contributed by atoms with Crippen molar-refractivity contribution in [3.63, 3.8) is 0 Å². The Bertz CT molecular complexity index is 948. The summed E-state index contributed by atoms with van der Waals surface area (Å²) in [7, 11) is 0. The van der Waals surface area contributed by atoms with Crippen molar-refractivity contribution in [1.29, 1.82) is 0 Å². The Hall–Kier alpha value is -2.92. The lowest BCUT2D eigenvalue weighted by molar-refractivity contribution is -0.144. The van der Waals surface area contributed by atoms with Crippen LogP contribution in [0.5, 0.6) is 0 Å². The maximum Gasteiger partial charge on any atom is 0.320 e. The van der Waals surface area contributed by atoms with E-state index in [2.05, 4.69) is 36.1 Å². The second kappa shape index (κ2) is 7.98. The first-order valence-corrected chi connectivity index (χ1v) is 9.80. The molecule has 1 atom stereocenters. The van der Waals surface area contributed by atoms with Gasteiger partial charge in [-0.25, -0.2) is 4.68 Å². The summed E-state index contributed by atoms with van der Waals surface area (Å²) in [6.45, 7) is 3.46. The molecule has 1 fully saturated rings. The number of likely N-dealkylation sites (tertiary alicyclic amines) is 1. The van der Waals surface area contributed by atoms with Crippen LogP contribution in [0.4, 0.5) is 0 Å². The number of carboxylic acids is 1. The minimum Gasteiger partial charge on any atom is -0.480 e. The standard InChI is InChI=1S/C23H25N3O2/c1-17-10-12-18(13-11-17)22-19(15-25-14-6-5-9-21(25)23(27)28)16-26(24-22)20-7-3-2-4-8-20/h2-4,7-8,10-13,16,21H,5-6,9,14-15H2,1H3,(H,27,28). The summed E-state index contributed by atoms with van der Waals surface area (Å²) in [6, 6.07) is 17.9. The Balaban J connectivity index is 1.73. The van der Waals surface area contributed by atoms with Crippen molar-refractivity contribution < 1.29 is 9.90 Å². The van der Waals surface area contributed by atoms with Gasteiger partial charge in [0.25, 0.3) is 0 Å². The molecule has 1 aromatic heterocycles. The smallest absolute Gasteiger partial charge is 0.320 e. The Morgan fingerprint density at radius 2 is 1.86 bits per heavy atom. The Morgan fingerprint density at radius 1 is 1.11 bits per heavy atom. The van der Waals surface area contributed by atoms with Crippen LogP contribution in [0.15, 0.2) is 60.8 Å². The van der Waals surface area contributed by atoms with Crippen molar-refractivity contribution in [1.82, 2.24) is 14.7 Å². The summed E-state index contributed by atoms with van der Waals surface area (Å²) in [5.41, 5.74) is 5.23. The van der Waals surface area contributed by atoms with Crippen LogP contribution in [0, 0.1) is 6.92 Å². The van der Waals surface area contributed by atoms with Crippen LogP contribution >= 0.6 is 0 Å². The molecule has 4 rings (SSSR count). The molecule has 1 unspecified atom stereocenters. The molecule has 3 aromatic rings. The van der Waals surface area contributed by atoms with E-state index in [1.165, 1.54) is 5.56 Å². The van der Waals surface area contributed by atoms with Gasteiger partial charge in [0.2, 0.25) is 0 Å². The first-order chi connectivity index (χ1) is 13.6. The summed E-state index contributed by atoms with van der Waals surface area (Å²) in [6.07, 6.45) is 4.76. The predicted molar refractivity (Wildman–Crippen MR) is 109 cm³/mol. The number of carbonyl (C=O) groups is 1. The molecule has 0 aliphatic carbocycles. The Labute approximate surface area is 165 Å². The van der Waals surface area contributed by atoms with Crippen LogP contribution in [0.3, 0.4) is 0 Å². The van der Waals surface area contributed by atoms with Gasteiger partial charge in [-0.3, -0.25) is 9.69 Å². The van der Waals surface area contributed by atoms with Gasteiger partial charge in [0.15, 0.2) is 0 Å². The van der Waals surface area contributed by atoms with Gasteiger partial charge < -0.3 is 5.11 Å². The molecule has 0 saturated carbocycles. The minimum absolute atomic E-state index is 0.417. The molecule has 2 heterocycles. The fourth-order valence-corrected chi connectivity index (χ4v) is 3.87. The van der Waals surface area contributed by atoms with Crippen molar-refractivity contribution in [3.05, 3.63) is 71.9 Å². The molecule has 144 valence electrons. The number of aliphatic carboxylic acids is 1. The molecule has 1 N–H and O–H groups in total. The van der Waals surface area contributed by atoms with Crippen molar-refractivity contribution in [2.24, 2.45) is 0 Å². The van der Waals surface area contributed by atoms with E-state index in [0.29, 0.717) is 13.0 Å². The van der Waals surface area contributed by atoms with Crippen molar-refractivity contribution in [2.75, 3.05) is 6.54 Å². The first-order valence-electron chi connectivity index (χ1n) is 9.80. The fourth-order valence-electron chi connectivity index (χ4n) is 3.87. The molecule has 28 heavy (non-hydrogen) atoms. The number of para-hydroxylation sites is 1. The number of aryl methyl sites for hydroxylation is 1. The van der Waals surface area contributed by atoms with E-state index < -0.39 is 12.0 Å². The lowest BCUT2D eigenvalue weighted by Crippen LogP contribution is -2.44. The number of benzene rings is 2. The number of aromatic nitrogens is 2. The van der Waals surface area contributed by atoms with E-state index in [9.17, 15) is 9.90 Å². The molecule has 1 aliphatic rings. The molecular formula is C23H25N3O2. The maximum absolute atomic E-state index is 11.7. The molecule has 0 amide bonds. The number of piperidine rings is 1. The summed E-state index contributed by atoms with van der Waals surface area (Å²) < 4.78 is 1.89. The third kappa shape index (κ3) is 3.85. The summed E-state index contributed by atoms with van der Waals surface area (Å²) in [4.78, 5) is 13.8. The van der Waals surface area contributed by atoms with Gasteiger partial charge >= 0.3 is 5.97 Å². The van der Waals surface area contributed by atoms with Crippen LogP contribution in [-0.2, 0) is 11.3 Å². The Morgan fingerprint density at radius 3 is 2.57 bits per heavy atom. The summed E-state index contributed by atoms with van der Waals surface area (Å²) in [5, 5.41) is 14.5. The molecule has 1 saturated heterocycles. The molecule has 5 heteroatoms. The lowest BCUT2D eigenvalue weighted by atomic mass is 10.0. The van der Waals surface area contributed by atoms with Gasteiger partial charge in [0.05, 0.1) is 11.4 Å². The second-order valence-electron chi connectivity index (χ2n) is 7.47. The SMILES string of the molecule is Cc1ccc(-c2nn(-c3ccccc3)cc2CN2CCCCC2C(=O)O)cc1. The molecule has 1 aliphatic heterocycles. The van der Waals surface area contributed by atoms with Crippen LogP contribution in [0.1, 0.15) is 30.4 Å². The van der Waals surface area contributed by atoms with Crippen LogP contribution in [0.25, 0.3) is 16.9 Å². The normalized spacial score (nSPS) is 17.5. The molecular weight excluding hydrogens is 350 g/mol. The van der Waals surface area contributed by atoms with Gasteiger partial charge in [-0.2, -0.15) is 5.10 Å². The fraction of sp³-hybridized carbons (Fsp3) is 0.304. The maximum atomic E-state index is 11.7. The van der Waals surface area contributed by atoms with E-state index in [1.807, 2.05) is 41.2 Å². The zero-order chi connectivity index (χ0) is 19.5. The van der Waals surface area contributed by atoms with Crippen molar-refractivity contribution >= 4 is 5.97 Å². The highest BCUT2D eigenvalue weighted by Gasteiger charge is 2.29. The van der Waals surface area contributed by atoms with E-state index in [0.717, 1.165) is 41.9 Å².